The van der Waals surface area contributed by atoms with Gasteiger partial charge in [-0.05, 0) is 31.4 Å². The molecule has 0 aliphatic carbocycles. The molecule has 0 radical (unpaired) electrons. The van der Waals surface area contributed by atoms with E-state index in [4.69, 9.17) is 4.74 Å². The Kier molecular flexibility index (Phi) is 4.40. The van der Waals surface area contributed by atoms with Gasteiger partial charge in [-0.25, -0.2) is 0 Å². The van der Waals surface area contributed by atoms with E-state index < -0.39 is 0 Å². The fraction of sp³-hybridized carbons (Fsp3) is 0.545. The summed E-state index contributed by atoms with van der Waals surface area (Å²) in [5, 5.41) is 0. The lowest BCUT2D eigenvalue weighted by atomic mass is 10.3. The number of ether oxygens (including phenoxy) is 1. The van der Waals surface area contributed by atoms with E-state index in [0.717, 1.165) is 31.6 Å². The Balaban J connectivity index is 2.47. The minimum atomic E-state index is 0.0856. The molecule has 3 nitrogen and oxygen atoms in total. The van der Waals surface area contributed by atoms with Gasteiger partial charge in [-0.1, -0.05) is 0 Å². The highest BCUT2D eigenvalue weighted by atomic mass is 16.5. The van der Waals surface area contributed by atoms with Crippen molar-refractivity contribution >= 4 is 0 Å². The molecule has 1 aromatic rings. The molecule has 3 heteroatoms. The average molecular weight is 195 g/mol. The number of hydrogen-bond acceptors (Lipinski definition) is 2. The zero-order valence-corrected chi connectivity index (χ0v) is 8.82. The summed E-state index contributed by atoms with van der Waals surface area (Å²) in [4.78, 5) is 11.4. The Morgan fingerprint density at radius 2 is 2.21 bits per heavy atom. The molecule has 14 heavy (non-hydrogen) atoms. The predicted molar refractivity (Wildman–Crippen MR) is 56.5 cm³/mol. The third-order valence-corrected chi connectivity index (χ3v) is 2.15. The van der Waals surface area contributed by atoms with Gasteiger partial charge in [0.2, 0.25) is 0 Å². The summed E-state index contributed by atoms with van der Waals surface area (Å²) >= 11 is 0. The van der Waals surface area contributed by atoms with Crippen LogP contribution in [0.15, 0.2) is 23.1 Å². The van der Waals surface area contributed by atoms with Crippen molar-refractivity contribution in [3.63, 3.8) is 0 Å². The highest BCUT2D eigenvalue weighted by Gasteiger charge is 1.95. The van der Waals surface area contributed by atoms with Crippen LogP contribution in [0.4, 0.5) is 0 Å². The summed E-state index contributed by atoms with van der Waals surface area (Å²) in [7, 11) is 1.69. The van der Waals surface area contributed by atoms with Gasteiger partial charge in [-0.15, -0.1) is 0 Å². The van der Waals surface area contributed by atoms with Crippen LogP contribution in [0.1, 0.15) is 18.4 Å². The molecule has 0 saturated carbocycles. The van der Waals surface area contributed by atoms with Gasteiger partial charge in [0, 0.05) is 32.5 Å². The van der Waals surface area contributed by atoms with Crippen molar-refractivity contribution < 1.29 is 4.74 Å². The monoisotopic (exact) mass is 195 g/mol. The van der Waals surface area contributed by atoms with Crippen LogP contribution in [0.3, 0.4) is 0 Å². The number of aromatic nitrogens is 1. The summed E-state index contributed by atoms with van der Waals surface area (Å²) < 4.78 is 6.68. The van der Waals surface area contributed by atoms with Crippen molar-refractivity contribution in [1.82, 2.24) is 4.57 Å². The maximum Gasteiger partial charge on any atom is 0.250 e. The average Bonchev–Trinajstić information content (AvgIpc) is 2.15. The molecule has 0 saturated heterocycles. The Morgan fingerprint density at radius 3 is 2.86 bits per heavy atom. The first-order valence-corrected chi connectivity index (χ1v) is 4.90. The molecule has 1 aromatic heterocycles. The van der Waals surface area contributed by atoms with Crippen molar-refractivity contribution in [2.24, 2.45) is 0 Å². The van der Waals surface area contributed by atoms with Crippen LogP contribution in [0, 0.1) is 6.92 Å². The van der Waals surface area contributed by atoms with Crippen LogP contribution in [-0.2, 0) is 11.3 Å². The standard InChI is InChI=1S/C11H17NO2/c1-10-5-7-12(11(13)9-10)6-3-4-8-14-2/h5,7,9H,3-4,6,8H2,1-2H3. The van der Waals surface area contributed by atoms with Gasteiger partial charge in [0.1, 0.15) is 0 Å². The van der Waals surface area contributed by atoms with E-state index in [1.807, 2.05) is 19.2 Å². The molecule has 0 N–H and O–H groups in total. The van der Waals surface area contributed by atoms with Crippen LogP contribution < -0.4 is 5.56 Å². The smallest absolute Gasteiger partial charge is 0.250 e. The normalized spacial score (nSPS) is 10.4. The quantitative estimate of drug-likeness (QED) is 0.668. The Morgan fingerprint density at radius 1 is 1.43 bits per heavy atom. The maximum atomic E-state index is 11.4. The maximum absolute atomic E-state index is 11.4. The zero-order chi connectivity index (χ0) is 10.4. The van der Waals surface area contributed by atoms with E-state index in [0.29, 0.717) is 0 Å². The third-order valence-electron chi connectivity index (χ3n) is 2.15. The van der Waals surface area contributed by atoms with E-state index >= 15 is 0 Å². The lowest BCUT2D eigenvalue weighted by Gasteiger charge is -2.05. The number of methoxy groups -OCH3 is 1. The first-order chi connectivity index (χ1) is 6.74. The van der Waals surface area contributed by atoms with Crippen molar-refractivity contribution in [2.45, 2.75) is 26.3 Å². The molecule has 0 spiro atoms. The van der Waals surface area contributed by atoms with Crippen LogP contribution in [-0.4, -0.2) is 18.3 Å². The van der Waals surface area contributed by atoms with E-state index in [2.05, 4.69) is 0 Å². The van der Waals surface area contributed by atoms with Gasteiger partial charge in [-0.3, -0.25) is 4.79 Å². The molecule has 1 rings (SSSR count). The van der Waals surface area contributed by atoms with Crippen LogP contribution in [0.2, 0.25) is 0 Å². The van der Waals surface area contributed by atoms with E-state index in [9.17, 15) is 4.79 Å². The Bertz CT molecular complexity index is 330. The summed E-state index contributed by atoms with van der Waals surface area (Å²) in [6.45, 7) is 3.47. The number of rotatable bonds is 5. The predicted octanol–water partition coefficient (Wildman–Crippen LogP) is 1.58. The highest BCUT2D eigenvalue weighted by Crippen LogP contribution is 1.95. The summed E-state index contributed by atoms with van der Waals surface area (Å²) in [5.74, 6) is 0. The van der Waals surface area contributed by atoms with Crippen LogP contribution >= 0.6 is 0 Å². The third kappa shape index (κ3) is 3.34. The summed E-state index contributed by atoms with van der Waals surface area (Å²) in [5.41, 5.74) is 1.10. The van der Waals surface area contributed by atoms with E-state index in [1.54, 1.807) is 17.7 Å². The molecule has 0 bridgehead atoms. The van der Waals surface area contributed by atoms with Crippen molar-refractivity contribution in [1.29, 1.82) is 0 Å². The molecule has 1 heterocycles. The molecule has 0 fully saturated rings. The number of unbranched alkanes of at least 4 members (excludes halogenated alkanes) is 1. The summed E-state index contributed by atoms with van der Waals surface area (Å²) in [6.07, 6.45) is 3.83. The molecule has 78 valence electrons. The van der Waals surface area contributed by atoms with Gasteiger partial charge >= 0.3 is 0 Å². The lowest BCUT2D eigenvalue weighted by molar-refractivity contribution is 0.191. The zero-order valence-electron chi connectivity index (χ0n) is 8.82. The molecule has 0 aliphatic rings. The van der Waals surface area contributed by atoms with Crippen molar-refractivity contribution in [3.05, 3.63) is 34.2 Å². The Labute approximate surface area is 84.3 Å². The second-order valence-electron chi connectivity index (χ2n) is 3.44. The molecule has 0 atom stereocenters. The van der Waals surface area contributed by atoms with E-state index in [-0.39, 0.29) is 5.56 Å². The highest BCUT2D eigenvalue weighted by molar-refractivity contribution is 5.07. The Hall–Kier alpha value is -1.09. The summed E-state index contributed by atoms with van der Waals surface area (Å²) in [6, 6.07) is 3.62. The number of pyridine rings is 1. The second kappa shape index (κ2) is 5.60. The van der Waals surface area contributed by atoms with Crippen molar-refractivity contribution in [2.75, 3.05) is 13.7 Å². The number of aryl methyl sites for hydroxylation is 2. The van der Waals surface area contributed by atoms with Crippen molar-refractivity contribution in [3.8, 4) is 0 Å². The van der Waals surface area contributed by atoms with Gasteiger partial charge in [0.05, 0.1) is 0 Å². The van der Waals surface area contributed by atoms with E-state index in [1.165, 1.54) is 0 Å². The SMILES string of the molecule is COCCCCn1ccc(C)cc1=O. The van der Waals surface area contributed by atoms with Crippen LogP contribution in [0.5, 0.6) is 0 Å². The molecule has 0 amide bonds. The topological polar surface area (TPSA) is 31.2 Å². The second-order valence-corrected chi connectivity index (χ2v) is 3.44. The molecule has 0 aliphatic heterocycles. The molecular weight excluding hydrogens is 178 g/mol. The number of hydrogen-bond donors (Lipinski definition) is 0. The fourth-order valence-corrected chi connectivity index (χ4v) is 1.32. The van der Waals surface area contributed by atoms with Gasteiger partial charge in [0.15, 0.2) is 0 Å². The van der Waals surface area contributed by atoms with Gasteiger partial charge in [0.25, 0.3) is 5.56 Å². The van der Waals surface area contributed by atoms with Gasteiger partial charge < -0.3 is 9.30 Å². The minimum Gasteiger partial charge on any atom is -0.385 e. The first-order valence-electron chi connectivity index (χ1n) is 4.90. The number of nitrogens with zero attached hydrogens (tertiary/aromatic N) is 1. The van der Waals surface area contributed by atoms with Crippen LogP contribution in [0.25, 0.3) is 0 Å². The molecule has 0 unspecified atom stereocenters. The molecule has 0 aromatic carbocycles. The molecular formula is C11H17NO2. The lowest BCUT2D eigenvalue weighted by Crippen LogP contribution is -2.18. The first kappa shape index (κ1) is 11.0. The minimum absolute atomic E-state index is 0.0856. The fourth-order valence-electron chi connectivity index (χ4n) is 1.32. The largest absolute Gasteiger partial charge is 0.385 e. The van der Waals surface area contributed by atoms with Gasteiger partial charge in [-0.2, -0.15) is 0 Å².